The topological polar surface area (TPSA) is 99.3 Å². The van der Waals surface area contributed by atoms with Gasteiger partial charge in [0.05, 0.1) is 6.54 Å². The molecule has 2 saturated heterocycles. The molecule has 0 aliphatic carbocycles. The minimum Gasteiger partial charge on any atom is -0.489 e. The number of nitrogens with zero attached hydrogens (tertiary/aromatic N) is 3. The lowest BCUT2D eigenvalue weighted by atomic mass is 9.97. The number of halogens is 1. The number of rotatable bonds is 10. The van der Waals surface area contributed by atoms with Crippen molar-refractivity contribution in [2.75, 3.05) is 25.0 Å². The second-order valence-corrected chi connectivity index (χ2v) is 12.1. The molecule has 6 rings (SSSR count). The highest BCUT2D eigenvalue weighted by Crippen LogP contribution is 2.29. The molecule has 9 nitrogen and oxygen atoms in total. The highest BCUT2D eigenvalue weighted by molar-refractivity contribution is 5.96. The number of urea groups is 1. The number of benzene rings is 4. The first-order valence-corrected chi connectivity index (χ1v) is 16.0. The average Bonchev–Trinajstić information content (AvgIpc) is 3.09. The summed E-state index contributed by atoms with van der Waals surface area (Å²) >= 11 is 0. The number of nitrogens with one attached hydrogen (secondary N) is 1. The minimum atomic E-state index is -0.842. The van der Waals surface area contributed by atoms with Crippen LogP contribution in [0.25, 0.3) is 0 Å². The molecule has 48 heavy (non-hydrogen) atoms. The van der Waals surface area contributed by atoms with Crippen molar-refractivity contribution < 1.29 is 28.3 Å². The number of anilines is 1. The zero-order chi connectivity index (χ0) is 33.6. The monoisotopic (exact) mass is 648 g/mol. The molecule has 2 aliphatic heterocycles. The molecule has 0 saturated carbocycles. The van der Waals surface area contributed by atoms with Gasteiger partial charge in [-0.3, -0.25) is 14.4 Å². The van der Waals surface area contributed by atoms with Gasteiger partial charge in [0.2, 0.25) is 11.8 Å². The average molecular weight is 649 g/mol. The molecule has 1 N–H and O–H groups in total. The summed E-state index contributed by atoms with van der Waals surface area (Å²) in [5.74, 6) is -0.165. The predicted octanol–water partition coefficient (Wildman–Crippen LogP) is 5.70. The van der Waals surface area contributed by atoms with E-state index < -0.39 is 18.2 Å². The quantitative estimate of drug-likeness (QED) is 0.223. The van der Waals surface area contributed by atoms with Crippen LogP contribution in [0.4, 0.5) is 14.9 Å². The minimum absolute atomic E-state index is 0.0759. The number of ketones is 1. The van der Waals surface area contributed by atoms with Crippen LogP contribution in [0.2, 0.25) is 0 Å². The van der Waals surface area contributed by atoms with Crippen LogP contribution in [0.5, 0.6) is 5.75 Å². The van der Waals surface area contributed by atoms with Gasteiger partial charge in [-0.25, -0.2) is 9.18 Å². The molecule has 0 bridgehead atoms. The number of hydrogen-bond acceptors (Lipinski definition) is 5. The standard InChI is InChI=1S/C38H37FN4O5/c1-26(44)30-12-14-32(15-13-30)40-38(47)42-21-19-36(45)43-34(23-28-10-16-33(17-11-28)48-25-29-6-3-2-4-7-29)37(46)41(24-35(42)43)20-18-27-8-5-9-31(39)22-27/h2-17,22,34-35H,18-21,23-25H2,1H3,(H,40,47)/t34-,35+/m0/s1. The fourth-order valence-corrected chi connectivity index (χ4v) is 6.25. The van der Waals surface area contributed by atoms with E-state index in [4.69, 9.17) is 4.74 Å². The molecule has 0 aromatic heterocycles. The summed E-state index contributed by atoms with van der Waals surface area (Å²) in [6.07, 6.45) is 0.0377. The van der Waals surface area contributed by atoms with Crippen molar-refractivity contribution in [3.05, 3.63) is 131 Å². The Bertz CT molecular complexity index is 1780. The summed E-state index contributed by atoms with van der Waals surface area (Å²) in [6, 6.07) is 28.9. The van der Waals surface area contributed by atoms with Gasteiger partial charge in [-0.1, -0.05) is 54.6 Å². The van der Waals surface area contributed by atoms with E-state index in [1.807, 2.05) is 60.7 Å². The Morgan fingerprint density at radius 2 is 1.60 bits per heavy atom. The van der Waals surface area contributed by atoms with E-state index in [0.29, 0.717) is 36.6 Å². The largest absolute Gasteiger partial charge is 0.489 e. The van der Waals surface area contributed by atoms with E-state index in [1.165, 1.54) is 19.1 Å². The number of carbonyl (C=O) groups is 4. The van der Waals surface area contributed by atoms with Gasteiger partial charge >= 0.3 is 6.03 Å². The van der Waals surface area contributed by atoms with Gasteiger partial charge in [0, 0.05) is 37.2 Å². The molecule has 246 valence electrons. The Kier molecular flexibility index (Phi) is 9.80. The summed E-state index contributed by atoms with van der Waals surface area (Å²) in [7, 11) is 0. The van der Waals surface area contributed by atoms with Crippen molar-refractivity contribution >= 4 is 29.3 Å². The number of Topliss-reactive ketones (excluding diaryl/α,β-unsaturated/α-hetero) is 1. The van der Waals surface area contributed by atoms with Crippen LogP contribution >= 0.6 is 0 Å². The fourth-order valence-electron chi connectivity index (χ4n) is 6.25. The Morgan fingerprint density at radius 1 is 0.875 bits per heavy atom. The van der Waals surface area contributed by atoms with Crippen LogP contribution < -0.4 is 10.1 Å². The third kappa shape index (κ3) is 7.54. The second kappa shape index (κ2) is 14.5. The van der Waals surface area contributed by atoms with Gasteiger partial charge in [0.25, 0.3) is 0 Å². The lowest BCUT2D eigenvalue weighted by molar-refractivity contribution is -0.166. The predicted molar refractivity (Wildman–Crippen MR) is 179 cm³/mol. The molecule has 0 spiro atoms. The summed E-state index contributed by atoms with van der Waals surface area (Å²) in [4.78, 5) is 57.8. The summed E-state index contributed by atoms with van der Waals surface area (Å²) in [6.45, 7) is 2.50. The number of carbonyl (C=O) groups excluding carboxylic acids is 4. The molecule has 2 heterocycles. The van der Waals surface area contributed by atoms with Crippen LogP contribution in [0.3, 0.4) is 0 Å². The van der Waals surface area contributed by atoms with Crippen LogP contribution in [-0.2, 0) is 29.0 Å². The lowest BCUT2D eigenvalue weighted by Gasteiger charge is -2.52. The third-order valence-electron chi connectivity index (χ3n) is 8.82. The van der Waals surface area contributed by atoms with Crippen LogP contribution in [0.15, 0.2) is 103 Å². The second-order valence-electron chi connectivity index (χ2n) is 12.1. The molecular formula is C38H37FN4O5. The maximum absolute atomic E-state index is 14.1. The summed E-state index contributed by atoms with van der Waals surface area (Å²) in [5.41, 5.74) is 3.67. The maximum atomic E-state index is 14.1. The first-order chi connectivity index (χ1) is 23.2. The number of hydrogen-bond donors (Lipinski definition) is 1. The molecule has 0 unspecified atom stereocenters. The normalized spacial score (nSPS) is 17.6. The maximum Gasteiger partial charge on any atom is 0.323 e. The van der Waals surface area contributed by atoms with E-state index in [9.17, 15) is 23.6 Å². The first-order valence-electron chi connectivity index (χ1n) is 16.0. The highest BCUT2D eigenvalue weighted by Gasteiger charge is 2.48. The number of piperazine rings is 1. The molecule has 2 fully saturated rings. The number of fused-ring (bicyclic) bond motifs is 1. The van der Waals surface area contributed by atoms with E-state index in [1.54, 1.807) is 45.0 Å². The van der Waals surface area contributed by atoms with E-state index in [-0.39, 0.29) is 49.3 Å². The van der Waals surface area contributed by atoms with Crippen molar-refractivity contribution in [3.63, 3.8) is 0 Å². The zero-order valence-electron chi connectivity index (χ0n) is 26.7. The van der Waals surface area contributed by atoms with Crippen molar-refractivity contribution in [1.82, 2.24) is 14.7 Å². The van der Waals surface area contributed by atoms with Gasteiger partial charge in [0.1, 0.15) is 30.4 Å². The number of amides is 4. The molecular weight excluding hydrogens is 611 g/mol. The first kappa shape index (κ1) is 32.4. The molecule has 4 aromatic rings. The summed E-state index contributed by atoms with van der Waals surface area (Å²) in [5, 5.41) is 2.89. The fraction of sp³-hybridized carbons (Fsp3) is 0.263. The number of ether oxygens (including phenoxy) is 1. The molecule has 0 radical (unpaired) electrons. The van der Waals surface area contributed by atoms with Crippen LogP contribution in [0.1, 0.15) is 40.4 Å². The van der Waals surface area contributed by atoms with E-state index in [0.717, 1.165) is 16.7 Å². The van der Waals surface area contributed by atoms with E-state index in [2.05, 4.69) is 5.32 Å². The lowest BCUT2D eigenvalue weighted by Crippen LogP contribution is -2.72. The van der Waals surface area contributed by atoms with Gasteiger partial charge in [0.15, 0.2) is 5.78 Å². The Labute approximate surface area is 278 Å². The molecule has 4 aromatic carbocycles. The third-order valence-corrected chi connectivity index (χ3v) is 8.82. The van der Waals surface area contributed by atoms with Gasteiger partial charge < -0.3 is 24.8 Å². The molecule has 2 aliphatic rings. The van der Waals surface area contributed by atoms with Gasteiger partial charge in [-0.2, -0.15) is 0 Å². The Hall–Kier alpha value is -5.51. The Morgan fingerprint density at radius 3 is 2.31 bits per heavy atom. The Balaban J connectivity index is 1.22. The van der Waals surface area contributed by atoms with Crippen molar-refractivity contribution in [2.45, 2.75) is 45.0 Å². The smallest absolute Gasteiger partial charge is 0.323 e. The van der Waals surface area contributed by atoms with Gasteiger partial charge in [-0.05, 0) is 78.6 Å². The SMILES string of the molecule is CC(=O)c1ccc(NC(=O)N2CCC(=O)N3[C@@H]2CN(CCc2cccc(F)c2)C(=O)[C@@H]3Cc2ccc(OCc3ccccc3)cc2)cc1. The van der Waals surface area contributed by atoms with Crippen molar-refractivity contribution in [2.24, 2.45) is 0 Å². The van der Waals surface area contributed by atoms with Gasteiger partial charge in [-0.15, -0.1) is 0 Å². The van der Waals surface area contributed by atoms with Crippen LogP contribution in [0, 0.1) is 5.82 Å². The summed E-state index contributed by atoms with van der Waals surface area (Å²) < 4.78 is 19.9. The van der Waals surface area contributed by atoms with Crippen molar-refractivity contribution in [1.29, 1.82) is 0 Å². The zero-order valence-corrected chi connectivity index (χ0v) is 26.7. The van der Waals surface area contributed by atoms with Crippen LogP contribution in [-0.4, -0.2) is 70.2 Å². The molecule has 4 amide bonds. The molecule has 2 atom stereocenters. The van der Waals surface area contributed by atoms with Crippen molar-refractivity contribution in [3.8, 4) is 5.75 Å². The van der Waals surface area contributed by atoms with E-state index >= 15 is 0 Å². The molecule has 10 heteroatoms. The highest BCUT2D eigenvalue weighted by atomic mass is 19.1.